The molecule has 0 radical (unpaired) electrons. The third-order valence-corrected chi connectivity index (χ3v) is 6.65. The molecule has 2 heterocycles. The lowest BCUT2D eigenvalue weighted by molar-refractivity contribution is -0.322. The van der Waals surface area contributed by atoms with Crippen molar-refractivity contribution in [1.29, 1.82) is 0 Å². The number of para-hydroxylation sites is 1. The molecular weight excluding hydrogens is 434 g/mol. The van der Waals surface area contributed by atoms with Crippen molar-refractivity contribution in [2.75, 3.05) is 26.8 Å². The van der Waals surface area contributed by atoms with Crippen molar-refractivity contribution in [3.8, 4) is 16.9 Å². The molecule has 0 aliphatic carbocycles. The first kappa shape index (κ1) is 24.2. The number of benzene rings is 2. The van der Waals surface area contributed by atoms with Gasteiger partial charge in [0, 0.05) is 25.8 Å². The van der Waals surface area contributed by atoms with Crippen LogP contribution in [0.2, 0.25) is 0 Å². The van der Waals surface area contributed by atoms with E-state index >= 15 is 0 Å². The van der Waals surface area contributed by atoms with Gasteiger partial charge >= 0.3 is 17.8 Å². The zero-order valence-electron chi connectivity index (χ0n) is 19.9. The van der Waals surface area contributed by atoms with Gasteiger partial charge in [-0.2, -0.15) is 0 Å². The number of esters is 2. The number of carbonyl (C=O) groups is 2. The second kappa shape index (κ2) is 11.0. The number of rotatable bonds is 10. The predicted octanol–water partition coefficient (Wildman–Crippen LogP) is 4.40. The molecule has 7 nitrogen and oxygen atoms in total. The molecule has 2 aromatic rings. The molecule has 0 amide bonds. The summed E-state index contributed by atoms with van der Waals surface area (Å²) < 4.78 is 23.2. The summed E-state index contributed by atoms with van der Waals surface area (Å²) in [5, 5.41) is 0. The first-order valence-electron chi connectivity index (χ1n) is 12.1. The second-order valence-corrected chi connectivity index (χ2v) is 8.81. The Balaban J connectivity index is 1.46. The summed E-state index contributed by atoms with van der Waals surface area (Å²) in [5.74, 6) is -2.61. The van der Waals surface area contributed by atoms with Gasteiger partial charge in [-0.3, -0.25) is 0 Å². The van der Waals surface area contributed by atoms with Crippen molar-refractivity contribution in [2.45, 2.75) is 51.0 Å². The van der Waals surface area contributed by atoms with Gasteiger partial charge in [0.05, 0.1) is 6.61 Å². The molecular formula is C27H33NO6. The fraction of sp³-hybridized carbons (Fsp3) is 0.481. The maximum Gasteiger partial charge on any atom is 0.422 e. The maximum absolute atomic E-state index is 12.1. The Hall–Kier alpha value is -2.90. The van der Waals surface area contributed by atoms with Crippen LogP contribution in [0.3, 0.4) is 0 Å². The van der Waals surface area contributed by atoms with Gasteiger partial charge in [0.2, 0.25) is 0 Å². The van der Waals surface area contributed by atoms with E-state index in [1.165, 1.54) is 0 Å². The summed E-state index contributed by atoms with van der Waals surface area (Å²) in [6, 6.07) is 18.1. The van der Waals surface area contributed by atoms with E-state index in [0.717, 1.165) is 42.6 Å². The standard InChI is InChI=1S/C27H33NO6/c1-3-4-10-17-28-18-15-21(24(31-2)27(28)33-25(29)26(30)34-27)16-19-32-23-14-9-8-13-22(23)20-11-6-5-7-12-20/h5-9,11-14,21,24H,3-4,10,15-19H2,1-2H3. The van der Waals surface area contributed by atoms with Gasteiger partial charge in [0.1, 0.15) is 5.75 Å². The highest BCUT2D eigenvalue weighted by Crippen LogP contribution is 2.41. The fourth-order valence-corrected chi connectivity index (χ4v) is 4.95. The van der Waals surface area contributed by atoms with Gasteiger partial charge < -0.3 is 18.9 Å². The number of hydrogen-bond acceptors (Lipinski definition) is 7. The molecule has 182 valence electrons. The molecule has 0 bridgehead atoms. The zero-order chi connectivity index (χ0) is 24.0. The van der Waals surface area contributed by atoms with Crippen LogP contribution in [0.1, 0.15) is 39.0 Å². The summed E-state index contributed by atoms with van der Waals surface area (Å²) in [5.41, 5.74) is 2.13. The van der Waals surface area contributed by atoms with Gasteiger partial charge in [0.25, 0.3) is 0 Å². The Kier molecular flexibility index (Phi) is 7.85. The zero-order valence-corrected chi connectivity index (χ0v) is 19.9. The minimum Gasteiger partial charge on any atom is -0.493 e. The lowest BCUT2D eigenvalue weighted by Crippen LogP contribution is -2.65. The molecule has 2 atom stereocenters. The fourth-order valence-electron chi connectivity index (χ4n) is 4.95. The van der Waals surface area contributed by atoms with Crippen LogP contribution in [-0.2, 0) is 23.8 Å². The highest BCUT2D eigenvalue weighted by atomic mass is 16.8. The molecule has 2 fully saturated rings. The molecule has 34 heavy (non-hydrogen) atoms. The van der Waals surface area contributed by atoms with Crippen molar-refractivity contribution < 1.29 is 28.5 Å². The van der Waals surface area contributed by atoms with Gasteiger partial charge in [-0.25, -0.2) is 14.5 Å². The molecule has 7 heteroatoms. The molecule has 0 aromatic heterocycles. The number of methoxy groups -OCH3 is 1. The van der Waals surface area contributed by atoms with Gasteiger partial charge in [-0.05, 0) is 36.8 Å². The first-order valence-corrected chi connectivity index (χ1v) is 12.1. The van der Waals surface area contributed by atoms with Crippen LogP contribution in [0.25, 0.3) is 11.1 Å². The van der Waals surface area contributed by atoms with Crippen molar-refractivity contribution >= 4 is 11.9 Å². The van der Waals surface area contributed by atoms with Crippen LogP contribution in [0, 0.1) is 5.92 Å². The Labute approximate surface area is 200 Å². The summed E-state index contributed by atoms with van der Waals surface area (Å²) in [4.78, 5) is 26.1. The van der Waals surface area contributed by atoms with E-state index in [0.29, 0.717) is 26.1 Å². The molecule has 2 aromatic carbocycles. The molecule has 2 saturated heterocycles. The average Bonchev–Trinajstić information content (AvgIpc) is 3.15. The first-order chi connectivity index (χ1) is 16.6. The summed E-state index contributed by atoms with van der Waals surface area (Å²) >= 11 is 0. The van der Waals surface area contributed by atoms with Gasteiger partial charge in [-0.15, -0.1) is 0 Å². The number of carbonyl (C=O) groups excluding carboxylic acids is 2. The van der Waals surface area contributed by atoms with Crippen LogP contribution in [0.15, 0.2) is 54.6 Å². The minimum atomic E-state index is -1.50. The van der Waals surface area contributed by atoms with Crippen LogP contribution < -0.4 is 4.74 Å². The minimum absolute atomic E-state index is 0.00462. The van der Waals surface area contributed by atoms with Crippen LogP contribution >= 0.6 is 0 Å². The third kappa shape index (κ3) is 4.95. The van der Waals surface area contributed by atoms with E-state index in [4.69, 9.17) is 18.9 Å². The van der Waals surface area contributed by atoms with Crippen molar-refractivity contribution in [3.63, 3.8) is 0 Å². The quantitative estimate of drug-likeness (QED) is 0.291. The number of piperidine rings is 1. The molecule has 4 rings (SSSR count). The number of ether oxygens (including phenoxy) is 4. The van der Waals surface area contributed by atoms with E-state index in [2.05, 4.69) is 19.1 Å². The molecule has 0 N–H and O–H groups in total. The van der Waals surface area contributed by atoms with Crippen LogP contribution in [0.4, 0.5) is 0 Å². The topological polar surface area (TPSA) is 74.3 Å². The van der Waals surface area contributed by atoms with Gasteiger partial charge in [-0.1, -0.05) is 68.3 Å². The lowest BCUT2D eigenvalue weighted by atomic mass is 9.87. The van der Waals surface area contributed by atoms with Crippen LogP contribution in [-0.4, -0.2) is 55.7 Å². The van der Waals surface area contributed by atoms with Crippen molar-refractivity contribution in [3.05, 3.63) is 54.6 Å². The Morgan fingerprint density at radius 1 is 1.00 bits per heavy atom. The summed E-state index contributed by atoms with van der Waals surface area (Å²) in [6.07, 6.45) is 3.94. The number of unbranched alkanes of at least 4 members (excludes halogenated alkanes) is 2. The van der Waals surface area contributed by atoms with E-state index in [9.17, 15) is 9.59 Å². The number of hydrogen-bond donors (Lipinski definition) is 0. The number of nitrogens with zero attached hydrogens (tertiary/aromatic N) is 1. The Bertz CT molecular complexity index is 962. The molecule has 1 spiro atoms. The monoisotopic (exact) mass is 467 g/mol. The summed E-state index contributed by atoms with van der Waals surface area (Å²) in [6.45, 7) is 3.91. The average molecular weight is 468 g/mol. The highest BCUT2D eigenvalue weighted by molar-refractivity contribution is 6.31. The lowest BCUT2D eigenvalue weighted by Gasteiger charge is -2.48. The normalized spacial score (nSPS) is 21.9. The highest BCUT2D eigenvalue weighted by Gasteiger charge is 2.62. The smallest absolute Gasteiger partial charge is 0.422 e. The Morgan fingerprint density at radius 3 is 2.41 bits per heavy atom. The molecule has 0 saturated carbocycles. The predicted molar refractivity (Wildman–Crippen MR) is 127 cm³/mol. The van der Waals surface area contributed by atoms with Gasteiger partial charge in [0.15, 0.2) is 6.10 Å². The largest absolute Gasteiger partial charge is 0.493 e. The van der Waals surface area contributed by atoms with Crippen molar-refractivity contribution in [2.24, 2.45) is 5.92 Å². The molecule has 2 aliphatic rings. The second-order valence-electron chi connectivity index (χ2n) is 8.81. The SMILES string of the molecule is CCCCCN1CCC(CCOc2ccccc2-c2ccccc2)C(OC)C12OC(=O)C(=O)O2. The third-order valence-electron chi connectivity index (χ3n) is 6.65. The maximum atomic E-state index is 12.1. The number of likely N-dealkylation sites (tertiary alicyclic amines) is 1. The van der Waals surface area contributed by atoms with E-state index in [-0.39, 0.29) is 5.92 Å². The molecule has 2 unspecified atom stereocenters. The van der Waals surface area contributed by atoms with Crippen molar-refractivity contribution in [1.82, 2.24) is 4.90 Å². The van der Waals surface area contributed by atoms with E-state index < -0.39 is 24.0 Å². The Morgan fingerprint density at radius 2 is 1.71 bits per heavy atom. The summed E-state index contributed by atoms with van der Waals surface area (Å²) in [7, 11) is 1.57. The van der Waals surface area contributed by atoms with Crippen LogP contribution in [0.5, 0.6) is 5.75 Å². The molecule has 2 aliphatic heterocycles. The van der Waals surface area contributed by atoms with E-state index in [1.54, 1.807) is 7.11 Å². The van der Waals surface area contributed by atoms with E-state index in [1.807, 2.05) is 47.4 Å².